The first kappa shape index (κ1) is 14.4. The molecule has 0 unspecified atom stereocenters. The highest BCUT2D eigenvalue weighted by Gasteiger charge is 2.07. The molecule has 0 saturated heterocycles. The first-order chi connectivity index (χ1) is 9.15. The molecule has 0 fully saturated rings. The van der Waals surface area contributed by atoms with Crippen molar-refractivity contribution in [2.24, 2.45) is 0 Å². The van der Waals surface area contributed by atoms with Crippen LogP contribution >= 0.6 is 27.3 Å². The van der Waals surface area contributed by atoms with E-state index in [1.165, 1.54) is 11.3 Å². The Labute approximate surface area is 125 Å². The molecule has 0 bridgehead atoms. The fourth-order valence-electron chi connectivity index (χ4n) is 1.41. The molecule has 0 radical (unpaired) electrons. The third-order valence-corrected chi connectivity index (χ3v) is 4.03. The van der Waals surface area contributed by atoms with Crippen LogP contribution in [0, 0.1) is 0 Å². The predicted octanol–water partition coefficient (Wildman–Crippen LogP) is 3.38. The fraction of sp³-hybridized carbons (Fsp3) is 0.385. The Morgan fingerprint density at radius 2 is 2.11 bits per heavy atom. The number of nitrogens with one attached hydrogen (secondary N) is 1. The van der Waals surface area contributed by atoms with Gasteiger partial charge in [0.1, 0.15) is 11.6 Å². The summed E-state index contributed by atoms with van der Waals surface area (Å²) in [4.78, 5) is 0. The zero-order valence-corrected chi connectivity index (χ0v) is 13.3. The normalized spacial score (nSPS) is 10.9. The Morgan fingerprint density at radius 3 is 2.84 bits per heavy atom. The smallest absolute Gasteiger partial charge is 0.294 e. The van der Waals surface area contributed by atoms with Crippen molar-refractivity contribution in [3.05, 3.63) is 39.3 Å². The maximum Gasteiger partial charge on any atom is 0.294 e. The molecule has 2 rings (SSSR count). The van der Waals surface area contributed by atoms with Crippen LogP contribution < -0.4 is 10.1 Å². The van der Waals surface area contributed by atoms with Gasteiger partial charge >= 0.3 is 0 Å². The Morgan fingerprint density at radius 1 is 1.32 bits per heavy atom. The van der Waals surface area contributed by atoms with Crippen molar-refractivity contribution in [1.82, 2.24) is 15.5 Å². The van der Waals surface area contributed by atoms with Gasteiger partial charge in [-0.25, -0.2) is 0 Å². The summed E-state index contributed by atoms with van der Waals surface area (Å²) < 4.78 is 6.69. The molecule has 4 nitrogen and oxygen atoms in total. The van der Waals surface area contributed by atoms with E-state index in [4.69, 9.17) is 4.74 Å². The molecule has 102 valence electrons. The van der Waals surface area contributed by atoms with Crippen LogP contribution in [0.4, 0.5) is 0 Å². The number of rotatable bonds is 6. The van der Waals surface area contributed by atoms with E-state index in [1.807, 2.05) is 24.3 Å². The zero-order chi connectivity index (χ0) is 13.7. The Kier molecular flexibility index (Phi) is 5.30. The van der Waals surface area contributed by atoms with Gasteiger partial charge in [-0.05, 0) is 6.07 Å². The van der Waals surface area contributed by atoms with Gasteiger partial charge in [0.2, 0.25) is 0 Å². The van der Waals surface area contributed by atoms with Gasteiger partial charge in [0.25, 0.3) is 5.19 Å². The summed E-state index contributed by atoms with van der Waals surface area (Å²) >= 11 is 4.97. The van der Waals surface area contributed by atoms with Gasteiger partial charge < -0.3 is 10.1 Å². The van der Waals surface area contributed by atoms with E-state index < -0.39 is 0 Å². The maximum absolute atomic E-state index is 5.65. The lowest BCUT2D eigenvalue weighted by Crippen LogP contribution is -2.21. The van der Waals surface area contributed by atoms with Crippen LogP contribution in [0.2, 0.25) is 0 Å². The standard InChI is InChI=1S/C13H16BrN3OS/c1-9(2)15-7-12-16-17-13(19-12)18-8-10-5-3-4-6-11(10)14/h3-6,9,15H,7-8H2,1-2H3. The molecule has 0 saturated carbocycles. The van der Waals surface area contributed by atoms with Crippen molar-refractivity contribution in [2.75, 3.05) is 0 Å². The highest BCUT2D eigenvalue weighted by atomic mass is 79.9. The molecule has 0 spiro atoms. The maximum atomic E-state index is 5.65. The largest absolute Gasteiger partial charge is 0.464 e. The van der Waals surface area contributed by atoms with E-state index in [9.17, 15) is 0 Å². The van der Waals surface area contributed by atoms with Gasteiger partial charge in [-0.3, -0.25) is 0 Å². The molecule has 1 aromatic carbocycles. The lowest BCUT2D eigenvalue weighted by molar-refractivity contribution is 0.301. The van der Waals surface area contributed by atoms with Crippen molar-refractivity contribution in [2.45, 2.75) is 33.0 Å². The third-order valence-electron chi connectivity index (χ3n) is 2.42. The SMILES string of the molecule is CC(C)NCc1nnc(OCc2ccccc2Br)s1. The molecule has 19 heavy (non-hydrogen) atoms. The van der Waals surface area contributed by atoms with Crippen LogP contribution in [0.1, 0.15) is 24.4 Å². The monoisotopic (exact) mass is 341 g/mol. The van der Waals surface area contributed by atoms with Gasteiger partial charge in [-0.1, -0.05) is 64.4 Å². The van der Waals surface area contributed by atoms with Gasteiger partial charge in [-0.2, -0.15) is 0 Å². The van der Waals surface area contributed by atoms with E-state index in [2.05, 4.69) is 45.3 Å². The zero-order valence-electron chi connectivity index (χ0n) is 10.9. The molecule has 0 atom stereocenters. The molecule has 0 amide bonds. The number of aromatic nitrogens is 2. The van der Waals surface area contributed by atoms with Crippen molar-refractivity contribution >= 4 is 27.3 Å². The van der Waals surface area contributed by atoms with Gasteiger partial charge in [0.15, 0.2) is 0 Å². The summed E-state index contributed by atoms with van der Waals surface area (Å²) in [6.45, 7) is 5.43. The van der Waals surface area contributed by atoms with E-state index in [1.54, 1.807) is 0 Å². The molecule has 0 aliphatic carbocycles. The fourth-order valence-corrected chi connectivity index (χ4v) is 2.45. The van der Waals surface area contributed by atoms with Gasteiger partial charge in [-0.15, -0.1) is 5.10 Å². The lowest BCUT2D eigenvalue weighted by atomic mass is 10.2. The van der Waals surface area contributed by atoms with E-state index in [0.717, 1.165) is 21.6 Å². The van der Waals surface area contributed by atoms with Crippen molar-refractivity contribution < 1.29 is 4.74 Å². The number of nitrogens with zero attached hydrogens (tertiary/aromatic N) is 2. The minimum absolute atomic E-state index is 0.438. The van der Waals surface area contributed by atoms with E-state index >= 15 is 0 Å². The number of benzene rings is 1. The molecule has 1 heterocycles. The third kappa shape index (κ3) is 4.56. The molecule has 2 aromatic rings. The topological polar surface area (TPSA) is 47.0 Å². The Hall–Kier alpha value is -0.980. The van der Waals surface area contributed by atoms with Crippen LogP contribution in [-0.2, 0) is 13.2 Å². The molecule has 0 aliphatic heterocycles. The molecular formula is C13H16BrN3OS. The number of hydrogen-bond donors (Lipinski definition) is 1. The minimum Gasteiger partial charge on any atom is -0.464 e. The first-order valence-corrected chi connectivity index (χ1v) is 7.68. The Bertz CT molecular complexity index is 530. The molecule has 0 aliphatic rings. The van der Waals surface area contributed by atoms with E-state index in [0.29, 0.717) is 17.8 Å². The van der Waals surface area contributed by atoms with Crippen LogP contribution in [0.25, 0.3) is 0 Å². The second-order valence-electron chi connectivity index (χ2n) is 4.38. The highest BCUT2D eigenvalue weighted by Crippen LogP contribution is 2.21. The quantitative estimate of drug-likeness (QED) is 0.874. The number of halogens is 1. The summed E-state index contributed by atoms with van der Waals surface area (Å²) in [7, 11) is 0. The molecule has 6 heteroatoms. The lowest BCUT2D eigenvalue weighted by Gasteiger charge is -2.04. The first-order valence-electron chi connectivity index (χ1n) is 6.07. The van der Waals surface area contributed by atoms with Crippen molar-refractivity contribution in [1.29, 1.82) is 0 Å². The van der Waals surface area contributed by atoms with Crippen LogP contribution in [-0.4, -0.2) is 16.2 Å². The summed E-state index contributed by atoms with van der Waals surface area (Å²) in [6, 6.07) is 8.42. The second kappa shape index (κ2) is 6.98. The molecule has 1 aromatic heterocycles. The predicted molar refractivity (Wildman–Crippen MR) is 80.4 cm³/mol. The van der Waals surface area contributed by atoms with E-state index in [-0.39, 0.29) is 0 Å². The number of hydrogen-bond acceptors (Lipinski definition) is 5. The summed E-state index contributed by atoms with van der Waals surface area (Å²) in [5.41, 5.74) is 1.10. The van der Waals surface area contributed by atoms with Crippen LogP contribution in [0.3, 0.4) is 0 Å². The summed E-state index contributed by atoms with van der Waals surface area (Å²) in [5.74, 6) is 0. The summed E-state index contributed by atoms with van der Waals surface area (Å²) in [6.07, 6.45) is 0. The summed E-state index contributed by atoms with van der Waals surface area (Å²) in [5, 5.41) is 13.0. The second-order valence-corrected chi connectivity index (χ2v) is 6.26. The van der Waals surface area contributed by atoms with Crippen molar-refractivity contribution in [3.63, 3.8) is 0 Å². The number of ether oxygens (including phenoxy) is 1. The van der Waals surface area contributed by atoms with Gasteiger partial charge in [0.05, 0.1) is 6.54 Å². The van der Waals surface area contributed by atoms with Crippen LogP contribution in [0.5, 0.6) is 5.19 Å². The average molecular weight is 342 g/mol. The van der Waals surface area contributed by atoms with Gasteiger partial charge in [0, 0.05) is 16.1 Å². The van der Waals surface area contributed by atoms with Crippen molar-refractivity contribution in [3.8, 4) is 5.19 Å². The average Bonchev–Trinajstić information content (AvgIpc) is 2.83. The highest BCUT2D eigenvalue weighted by molar-refractivity contribution is 9.10. The molecule has 1 N–H and O–H groups in total. The Balaban J connectivity index is 1.88. The minimum atomic E-state index is 0.438. The molecular weight excluding hydrogens is 326 g/mol. The van der Waals surface area contributed by atoms with Crippen LogP contribution in [0.15, 0.2) is 28.7 Å².